The first kappa shape index (κ1) is 16.6. The lowest BCUT2D eigenvalue weighted by Crippen LogP contribution is -2.43. The zero-order valence-corrected chi connectivity index (χ0v) is 12.2. The number of aldehydes is 1. The molecule has 0 aliphatic rings. The van der Waals surface area contributed by atoms with E-state index in [9.17, 15) is 9.18 Å². The molecule has 6 heteroatoms. The number of benzene rings is 1. The van der Waals surface area contributed by atoms with Crippen LogP contribution in [0.5, 0.6) is 5.75 Å². The van der Waals surface area contributed by atoms with Gasteiger partial charge in [-0.1, -0.05) is 10.7 Å². The number of aromatic nitrogens is 1. The molecule has 0 aliphatic heterocycles. The van der Waals surface area contributed by atoms with Crippen LogP contribution in [0.2, 0.25) is 0 Å². The average molecular weight is 293 g/mol. The number of rotatable bonds is 3. The maximum atomic E-state index is 13.9. The topological polar surface area (TPSA) is 65.4 Å². The zero-order chi connectivity index (χ0) is 15.8. The quantitative estimate of drug-likeness (QED) is 0.530. The molecule has 0 atom stereocenters. The molecule has 0 aliphatic carbocycles. The van der Waals surface area contributed by atoms with Gasteiger partial charge in [0.25, 0.3) is 0 Å². The Bertz CT molecular complexity index is 618. The first-order chi connectivity index (χ1) is 10.1. The molecule has 2 rings (SSSR count). The number of halogens is 1. The SMILES string of the molecule is COC.COc1cccc(F)c1-c1c[n+](N)ccc1C=O. The van der Waals surface area contributed by atoms with E-state index in [4.69, 9.17) is 10.6 Å². The van der Waals surface area contributed by atoms with Gasteiger partial charge < -0.3 is 9.47 Å². The number of nitrogen functional groups attached to an aromatic ring is 1. The lowest BCUT2D eigenvalue weighted by atomic mass is 10.0. The molecule has 1 aromatic carbocycles. The van der Waals surface area contributed by atoms with Crippen molar-refractivity contribution >= 4 is 6.29 Å². The predicted octanol–water partition coefficient (Wildman–Crippen LogP) is 1.58. The Kier molecular flexibility index (Phi) is 6.29. The monoisotopic (exact) mass is 293 g/mol. The number of methoxy groups -OCH3 is 2. The van der Waals surface area contributed by atoms with Crippen molar-refractivity contribution in [3.8, 4) is 16.9 Å². The minimum absolute atomic E-state index is 0.224. The van der Waals surface area contributed by atoms with Crippen LogP contribution in [0.15, 0.2) is 36.7 Å². The first-order valence-corrected chi connectivity index (χ1v) is 6.07. The largest absolute Gasteiger partial charge is 0.496 e. The molecule has 0 fully saturated rings. The third-order valence-electron chi connectivity index (χ3n) is 2.61. The minimum atomic E-state index is -0.469. The summed E-state index contributed by atoms with van der Waals surface area (Å²) < 4.78 is 24.5. The van der Waals surface area contributed by atoms with E-state index in [1.54, 1.807) is 20.3 Å². The molecule has 0 saturated heterocycles. The van der Waals surface area contributed by atoms with Gasteiger partial charge in [-0.25, -0.2) is 10.2 Å². The summed E-state index contributed by atoms with van der Waals surface area (Å²) in [6.45, 7) is 0. The summed E-state index contributed by atoms with van der Waals surface area (Å²) in [4.78, 5) is 11.0. The lowest BCUT2D eigenvalue weighted by molar-refractivity contribution is -0.638. The molecule has 112 valence electrons. The van der Waals surface area contributed by atoms with Crippen molar-refractivity contribution in [3.05, 3.63) is 48.0 Å². The molecule has 0 amide bonds. The van der Waals surface area contributed by atoms with Gasteiger partial charge in [0, 0.05) is 25.8 Å². The molecule has 0 spiro atoms. The normalized spacial score (nSPS) is 9.52. The number of carbonyl (C=O) groups excluding carboxylic acids is 1. The molecular formula is C15H18FN2O3+. The van der Waals surface area contributed by atoms with Crippen molar-refractivity contribution in [3.63, 3.8) is 0 Å². The summed E-state index contributed by atoms with van der Waals surface area (Å²) in [5, 5.41) is 0. The van der Waals surface area contributed by atoms with E-state index in [1.807, 2.05) is 0 Å². The Morgan fingerprint density at radius 1 is 1.24 bits per heavy atom. The Morgan fingerprint density at radius 3 is 2.48 bits per heavy atom. The molecule has 2 N–H and O–H groups in total. The summed E-state index contributed by atoms with van der Waals surface area (Å²) in [5.74, 6) is 5.48. The highest BCUT2D eigenvalue weighted by molar-refractivity contribution is 5.88. The number of ether oxygens (including phenoxy) is 2. The van der Waals surface area contributed by atoms with Crippen molar-refractivity contribution in [1.82, 2.24) is 0 Å². The fourth-order valence-electron chi connectivity index (χ4n) is 1.77. The van der Waals surface area contributed by atoms with Gasteiger partial charge in [0.1, 0.15) is 11.6 Å². The van der Waals surface area contributed by atoms with Gasteiger partial charge in [-0.2, -0.15) is 0 Å². The molecule has 0 radical (unpaired) electrons. The van der Waals surface area contributed by atoms with Gasteiger partial charge in [-0.05, 0) is 12.1 Å². The zero-order valence-electron chi connectivity index (χ0n) is 12.2. The molecule has 1 aromatic heterocycles. The number of pyridine rings is 1. The van der Waals surface area contributed by atoms with Crippen LogP contribution in [-0.4, -0.2) is 27.6 Å². The van der Waals surface area contributed by atoms with Crippen LogP contribution < -0.4 is 15.3 Å². The predicted molar refractivity (Wildman–Crippen MR) is 77.1 cm³/mol. The van der Waals surface area contributed by atoms with Crippen LogP contribution in [0.4, 0.5) is 4.39 Å². The fraction of sp³-hybridized carbons (Fsp3) is 0.200. The van der Waals surface area contributed by atoms with E-state index in [0.29, 0.717) is 23.2 Å². The summed E-state index contributed by atoms with van der Waals surface area (Å²) in [7, 11) is 4.69. The van der Waals surface area contributed by atoms with E-state index >= 15 is 0 Å². The number of hydrogen-bond donors (Lipinski definition) is 1. The van der Waals surface area contributed by atoms with Crippen molar-refractivity contribution in [2.45, 2.75) is 0 Å². The van der Waals surface area contributed by atoms with Crippen LogP contribution in [0.1, 0.15) is 10.4 Å². The Labute approximate surface area is 122 Å². The van der Waals surface area contributed by atoms with Crippen molar-refractivity contribution in [2.75, 3.05) is 27.2 Å². The van der Waals surface area contributed by atoms with Gasteiger partial charge in [-0.3, -0.25) is 4.79 Å². The number of carbonyl (C=O) groups is 1. The van der Waals surface area contributed by atoms with E-state index in [1.165, 1.54) is 42.4 Å². The molecule has 21 heavy (non-hydrogen) atoms. The number of nitrogens with two attached hydrogens (primary N) is 1. The third-order valence-corrected chi connectivity index (χ3v) is 2.61. The Morgan fingerprint density at radius 2 is 1.90 bits per heavy atom. The van der Waals surface area contributed by atoms with Gasteiger partial charge in [-0.15, -0.1) is 0 Å². The van der Waals surface area contributed by atoms with Crippen LogP contribution in [0, 0.1) is 5.82 Å². The van der Waals surface area contributed by atoms with Crippen LogP contribution in [0.25, 0.3) is 11.1 Å². The average Bonchev–Trinajstić information content (AvgIpc) is 2.47. The maximum Gasteiger partial charge on any atom is 0.207 e. The minimum Gasteiger partial charge on any atom is -0.496 e. The van der Waals surface area contributed by atoms with Crippen LogP contribution >= 0.6 is 0 Å². The second-order valence-corrected chi connectivity index (χ2v) is 4.10. The highest BCUT2D eigenvalue weighted by atomic mass is 19.1. The summed E-state index contributed by atoms with van der Waals surface area (Å²) in [5.41, 5.74) is 0.965. The second-order valence-electron chi connectivity index (χ2n) is 4.10. The van der Waals surface area contributed by atoms with Crippen molar-refractivity contribution in [1.29, 1.82) is 0 Å². The van der Waals surface area contributed by atoms with Gasteiger partial charge in [0.15, 0.2) is 12.5 Å². The molecular weight excluding hydrogens is 275 g/mol. The van der Waals surface area contributed by atoms with Gasteiger partial charge in [0.2, 0.25) is 6.20 Å². The van der Waals surface area contributed by atoms with E-state index < -0.39 is 5.82 Å². The van der Waals surface area contributed by atoms with Crippen molar-refractivity contribution in [2.24, 2.45) is 0 Å². The molecule has 1 heterocycles. The molecule has 5 nitrogen and oxygen atoms in total. The first-order valence-electron chi connectivity index (χ1n) is 6.07. The van der Waals surface area contributed by atoms with E-state index in [0.717, 1.165) is 0 Å². The third kappa shape index (κ3) is 4.00. The lowest BCUT2D eigenvalue weighted by Gasteiger charge is -2.09. The summed E-state index contributed by atoms with van der Waals surface area (Å²) >= 11 is 0. The maximum absolute atomic E-state index is 13.9. The molecule has 0 saturated carbocycles. The highest BCUT2D eigenvalue weighted by Gasteiger charge is 2.18. The molecule has 0 bridgehead atoms. The van der Waals surface area contributed by atoms with Gasteiger partial charge in [0.05, 0.1) is 18.2 Å². The highest BCUT2D eigenvalue weighted by Crippen LogP contribution is 2.33. The van der Waals surface area contributed by atoms with E-state index in [2.05, 4.69) is 4.74 Å². The summed E-state index contributed by atoms with van der Waals surface area (Å²) in [6, 6.07) is 5.99. The Balaban J connectivity index is 0.000000677. The standard InChI is InChI=1S/C13H11FN2O2.C2H6O/c1-18-12-4-2-3-11(14)13(12)10-7-16(15)6-5-9(10)8-17;1-3-2/h2-8H,1H3,(H-,15,17);1-2H3/p+1. The fourth-order valence-corrected chi connectivity index (χ4v) is 1.77. The smallest absolute Gasteiger partial charge is 0.207 e. The Hall–Kier alpha value is -2.47. The van der Waals surface area contributed by atoms with Gasteiger partial charge >= 0.3 is 0 Å². The van der Waals surface area contributed by atoms with Crippen LogP contribution in [0.3, 0.4) is 0 Å². The number of hydrogen-bond acceptors (Lipinski definition) is 4. The molecule has 2 aromatic rings. The second kappa shape index (κ2) is 7.96. The van der Waals surface area contributed by atoms with Crippen molar-refractivity contribution < 1.29 is 23.3 Å². The van der Waals surface area contributed by atoms with E-state index in [-0.39, 0.29) is 5.56 Å². The molecule has 0 unspecified atom stereocenters. The summed E-state index contributed by atoms with van der Waals surface area (Å²) in [6.07, 6.45) is 3.65. The number of nitrogens with zero attached hydrogens (tertiary/aromatic N) is 1. The van der Waals surface area contributed by atoms with Crippen LogP contribution in [-0.2, 0) is 4.74 Å².